The minimum absolute atomic E-state index is 0.136. The number of cyclic esters (lactones) is 1. The van der Waals surface area contributed by atoms with E-state index in [9.17, 15) is 14.4 Å². The number of fused-ring (bicyclic) bond motifs is 5. The molecule has 31 heavy (non-hydrogen) atoms. The van der Waals surface area contributed by atoms with Crippen LogP contribution < -0.4 is 5.56 Å². The number of aryl methyl sites for hydroxylation is 1. The van der Waals surface area contributed by atoms with Gasteiger partial charge < -0.3 is 14.0 Å². The molecule has 2 aliphatic heterocycles. The summed E-state index contributed by atoms with van der Waals surface area (Å²) in [6.07, 6.45) is 0.973. The molecule has 0 saturated heterocycles. The summed E-state index contributed by atoms with van der Waals surface area (Å²) < 4.78 is 12.5. The van der Waals surface area contributed by atoms with Gasteiger partial charge in [0.05, 0.1) is 29.0 Å². The highest BCUT2D eigenvalue weighted by Crippen LogP contribution is 2.41. The number of pyridine rings is 2. The zero-order valence-electron chi connectivity index (χ0n) is 17.7. The van der Waals surface area contributed by atoms with Crippen molar-refractivity contribution < 1.29 is 19.1 Å². The van der Waals surface area contributed by atoms with E-state index in [1.54, 1.807) is 17.6 Å². The predicted molar refractivity (Wildman–Crippen MR) is 113 cm³/mol. The summed E-state index contributed by atoms with van der Waals surface area (Å²) in [5.41, 5.74) is 3.30. The van der Waals surface area contributed by atoms with E-state index in [0.29, 0.717) is 23.4 Å². The van der Waals surface area contributed by atoms with Crippen LogP contribution in [0, 0.1) is 0 Å². The van der Waals surface area contributed by atoms with Gasteiger partial charge in [0.25, 0.3) is 5.56 Å². The molecule has 0 saturated carbocycles. The van der Waals surface area contributed by atoms with Gasteiger partial charge in [-0.25, -0.2) is 9.78 Å². The Balaban J connectivity index is 1.82. The average molecular weight is 418 g/mol. The number of aromatic nitrogens is 2. The lowest BCUT2D eigenvalue weighted by Gasteiger charge is -2.35. The van der Waals surface area contributed by atoms with Gasteiger partial charge in [-0.2, -0.15) is 0 Å². The molecule has 0 unspecified atom stereocenters. The first kappa shape index (κ1) is 19.5. The van der Waals surface area contributed by atoms with Crippen molar-refractivity contribution in [2.24, 2.45) is 0 Å². The van der Waals surface area contributed by atoms with Gasteiger partial charge in [0.15, 0.2) is 0 Å². The van der Waals surface area contributed by atoms with Crippen LogP contribution >= 0.6 is 0 Å². The quantitative estimate of drug-likeness (QED) is 0.475. The lowest BCUT2D eigenvalue weighted by atomic mass is 9.85. The van der Waals surface area contributed by atoms with Gasteiger partial charge in [-0.3, -0.25) is 9.59 Å². The Kier molecular flexibility index (Phi) is 4.25. The molecule has 0 bridgehead atoms. The van der Waals surface area contributed by atoms with Crippen molar-refractivity contribution in [3.63, 3.8) is 0 Å². The summed E-state index contributed by atoms with van der Waals surface area (Å²) in [4.78, 5) is 42.9. The second kappa shape index (κ2) is 6.77. The summed E-state index contributed by atoms with van der Waals surface area (Å²) in [6.45, 7) is 5.35. The zero-order chi connectivity index (χ0) is 21.9. The van der Waals surface area contributed by atoms with Crippen molar-refractivity contribution in [2.45, 2.75) is 52.4 Å². The Bertz CT molecular complexity index is 1340. The number of para-hydroxylation sites is 1. The van der Waals surface area contributed by atoms with E-state index >= 15 is 0 Å². The van der Waals surface area contributed by atoms with Crippen LogP contribution in [0.2, 0.25) is 0 Å². The summed E-state index contributed by atoms with van der Waals surface area (Å²) in [7, 11) is 0. The Labute approximate surface area is 178 Å². The fraction of sp³-hybridized carbons (Fsp3) is 0.333. The van der Waals surface area contributed by atoms with E-state index in [4.69, 9.17) is 14.5 Å². The zero-order valence-corrected chi connectivity index (χ0v) is 17.7. The molecule has 0 fully saturated rings. The maximum absolute atomic E-state index is 13.5. The summed E-state index contributed by atoms with van der Waals surface area (Å²) in [6, 6.07) is 9.72. The monoisotopic (exact) mass is 418 g/mol. The third-order valence-corrected chi connectivity index (χ3v) is 6.35. The molecule has 0 N–H and O–H groups in total. The molecule has 1 atom stereocenters. The SMILES string of the molecule is CCc1c2c(nc3ccccc13)-c1cc3c(c(=O)n1C2)COC(=O)[C@]3(CC)OC(C)=O. The van der Waals surface area contributed by atoms with E-state index in [-0.39, 0.29) is 18.6 Å². The van der Waals surface area contributed by atoms with Crippen molar-refractivity contribution in [3.8, 4) is 11.4 Å². The predicted octanol–water partition coefficient (Wildman–Crippen LogP) is 3.21. The summed E-state index contributed by atoms with van der Waals surface area (Å²) in [5, 5.41) is 1.08. The van der Waals surface area contributed by atoms with Crippen LogP contribution in [0.25, 0.3) is 22.3 Å². The molecule has 2 aliphatic rings. The van der Waals surface area contributed by atoms with Crippen LogP contribution in [0.3, 0.4) is 0 Å². The molecule has 0 radical (unpaired) electrons. The molecule has 3 aromatic rings. The fourth-order valence-electron chi connectivity index (χ4n) is 4.92. The van der Waals surface area contributed by atoms with Gasteiger partial charge in [-0.1, -0.05) is 32.0 Å². The normalized spacial score (nSPS) is 18.9. The highest BCUT2D eigenvalue weighted by atomic mass is 16.6. The van der Waals surface area contributed by atoms with Crippen molar-refractivity contribution in [3.05, 3.63) is 62.9 Å². The van der Waals surface area contributed by atoms with E-state index in [2.05, 4.69) is 6.92 Å². The van der Waals surface area contributed by atoms with Crippen molar-refractivity contribution >= 4 is 22.8 Å². The standard InChI is InChI=1S/C24H22N2O5/c1-4-14-15-8-6-7-9-19(15)25-21-16(14)11-26-20(21)10-18-17(22(26)28)12-30-23(29)24(18,5-2)31-13(3)27/h6-10H,4-5,11-12H2,1-3H3/t24-/m1/s1. The lowest BCUT2D eigenvalue weighted by Crippen LogP contribution is -2.47. The van der Waals surface area contributed by atoms with Crippen LogP contribution in [-0.2, 0) is 44.2 Å². The van der Waals surface area contributed by atoms with Crippen LogP contribution in [-0.4, -0.2) is 21.5 Å². The van der Waals surface area contributed by atoms with E-state index in [1.165, 1.54) is 6.92 Å². The smallest absolute Gasteiger partial charge is 0.355 e. The minimum Gasteiger partial charge on any atom is -0.457 e. The van der Waals surface area contributed by atoms with Crippen molar-refractivity contribution in [1.82, 2.24) is 9.55 Å². The number of carbonyl (C=O) groups is 2. The second-order valence-electron chi connectivity index (χ2n) is 7.95. The van der Waals surface area contributed by atoms with Crippen LogP contribution in [0.1, 0.15) is 49.4 Å². The summed E-state index contributed by atoms with van der Waals surface area (Å²) >= 11 is 0. The highest BCUT2D eigenvalue weighted by molar-refractivity contribution is 5.89. The number of rotatable bonds is 3. The fourth-order valence-corrected chi connectivity index (χ4v) is 4.92. The van der Waals surface area contributed by atoms with Crippen LogP contribution in [0.4, 0.5) is 0 Å². The topological polar surface area (TPSA) is 87.5 Å². The van der Waals surface area contributed by atoms with E-state index < -0.39 is 17.5 Å². The number of benzene rings is 1. The summed E-state index contributed by atoms with van der Waals surface area (Å²) in [5.74, 6) is -1.26. The highest BCUT2D eigenvalue weighted by Gasteiger charge is 2.50. The Morgan fingerprint density at radius 2 is 2.00 bits per heavy atom. The molecule has 7 nitrogen and oxygen atoms in total. The van der Waals surface area contributed by atoms with Crippen molar-refractivity contribution in [1.29, 1.82) is 0 Å². The first-order valence-corrected chi connectivity index (χ1v) is 10.5. The molecular formula is C24H22N2O5. The molecule has 1 aromatic carbocycles. The molecule has 7 heteroatoms. The van der Waals surface area contributed by atoms with E-state index in [1.807, 2.05) is 24.3 Å². The van der Waals surface area contributed by atoms with Gasteiger partial charge >= 0.3 is 11.9 Å². The van der Waals surface area contributed by atoms with Gasteiger partial charge in [-0.15, -0.1) is 0 Å². The molecular weight excluding hydrogens is 396 g/mol. The largest absolute Gasteiger partial charge is 0.457 e. The Morgan fingerprint density at radius 1 is 1.23 bits per heavy atom. The second-order valence-corrected chi connectivity index (χ2v) is 7.95. The van der Waals surface area contributed by atoms with Gasteiger partial charge in [0.1, 0.15) is 6.61 Å². The molecule has 0 amide bonds. The first-order chi connectivity index (χ1) is 14.9. The minimum atomic E-state index is -1.62. The Hall–Kier alpha value is -3.48. The molecule has 4 heterocycles. The third kappa shape index (κ3) is 2.59. The maximum atomic E-state index is 13.5. The number of nitrogens with zero attached hydrogens (tertiary/aromatic N) is 2. The molecule has 0 spiro atoms. The number of hydrogen-bond donors (Lipinski definition) is 0. The Morgan fingerprint density at radius 3 is 2.71 bits per heavy atom. The average Bonchev–Trinajstić information content (AvgIpc) is 3.12. The molecule has 5 rings (SSSR count). The van der Waals surface area contributed by atoms with E-state index in [0.717, 1.165) is 34.1 Å². The van der Waals surface area contributed by atoms with Gasteiger partial charge in [-0.05, 0) is 30.5 Å². The first-order valence-electron chi connectivity index (χ1n) is 10.5. The van der Waals surface area contributed by atoms with Crippen LogP contribution in [0.5, 0.6) is 0 Å². The molecule has 158 valence electrons. The molecule has 0 aliphatic carbocycles. The molecule has 2 aromatic heterocycles. The maximum Gasteiger partial charge on any atom is 0.355 e. The van der Waals surface area contributed by atoms with Crippen LogP contribution in [0.15, 0.2) is 35.1 Å². The number of hydrogen-bond acceptors (Lipinski definition) is 6. The number of ether oxygens (including phenoxy) is 2. The number of esters is 2. The lowest BCUT2D eigenvalue weighted by molar-refractivity contribution is -0.188. The number of carbonyl (C=O) groups excluding carboxylic acids is 2. The van der Waals surface area contributed by atoms with Gasteiger partial charge in [0, 0.05) is 23.4 Å². The third-order valence-electron chi connectivity index (χ3n) is 6.35. The van der Waals surface area contributed by atoms with Crippen molar-refractivity contribution in [2.75, 3.05) is 0 Å². The van der Waals surface area contributed by atoms with Gasteiger partial charge in [0.2, 0.25) is 5.60 Å².